The first-order chi connectivity index (χ1) is 6.45. The van der Waals surface area contributed by atoms with E-state index in [2.05, 4.69) is 0 Å². The zero-order chi connectivity index (χ0) is 10.8. The molecule has 0 aromatic heterocycles. The number of hydrogen-bond donors (Lipinski definition) is 1. The molecule has 0 heterocycles. The Balaban J connectivity index is 0.00000196. The molecule has 0 aliphatic heterocycles. The number of halogens is 5. The van der Waals surface area contributed by atoms with Gasteiger partial charge in [0.1, 0.15) is 0 Å². The Morgan fingerprint density at radius 3 is 2.33 bits per heavy atom. The SMILES string of the molecule is Cl.NCC(c1cccc(Cl)c1)C(F)(F)F. The van der Waals surface area contributed by atoms with E-state index in [0.29, 0.717) is 0 Å². The first kappa shape index (κ1) is 14.6. The second kappa shape index (κ2) is 5.58. The molecule has 1 aromatic carbocycles. The van der Waals surface area contributed by atoms with Crippen LogP contribution in [0, 0.1) is 0 Å². The van der Waals surface area contributed by atoms with Gasteiger partial charge < -0.3 is 5.73 Å². The van der Waals surface area contributed by atoms with Gasteiger partial charge >= 0.3 is 6.18 Å². The summed E-state index contributed by atoms with van der Waals surface area (Å²) in [6, 6.07) is 5.66. The summed E-state index contributed by atoms with van der Waals surface area (Å²) >= 11 is 5.59. The van der Waals surface area contributed by atoms with Gasteiger partial charge in [0.2, 0.25) is 0 Å². The van der Waals surface area contributed by atoms with Crippen LogP contribution >= 0.6 is 24.0 Å². The number of hydrogen-bond acceptors (Lipinski definition) is 1. The van der Waals surface area contributed by atoms with E-state index in [4.69, 9.17) is 17.3 Å². The van der Waals surface area contributed by atoms with Crippen LogP contribution in [0.4, 0.5) is 13.2 Å². The van der Waals surface area contributed by atoms with Crippen LogP contribution in [0.25, 0.3) is 0 Å². The summed E-state index contributed by atoms with van der Waals surface area (Å²) in [6.45, 7) is -0.468. The average Bonchev–Trinajstić information content (AvgIpc) is 2.02. The van der Waals surface area contributed by atoms with E-state index in [-0.39, 0.29) is 23.0 Å². The molecule has 0 spiro atoms. The summed E-state index contributed by atoms with van der Waals surface area (Å²) in [5.74, 6) is -1.64. The lowest BCUT2D eigenvalue weighted by Gasteiger charge is -2.18. The number of alkyl halides is 3. The maximum Gasteiger partial charge on any atom is 0.396 e. The molecule has 0 radical (unpaired) electrons. The summed E-state index contributed by atoms with van der Waals surface area (Å²) < 4.78 is 37.2. The average molecular weight is 260 g/mol. The van der Waals surface area contributed by atoms with Gasteiger partial charge in [-0.15, -0.1) is 12.4 Å². The lowest BCUT2D eigenvalue weighted by Crippen LogP contribution is -2.27. The molecule has 0 fully saturated rings. The molecule has 0 saturated heterocycles. The third-order valence-corrected chi connectivity index (χ3v) is 2.12. The van der Waals surface area contributed by atoms with E-state index in [0.717, 1.165) is 0 Å². The predicted octanol–water partition coefficient (Wildman–Crippen LogP) is 3.37. The quantitative estimate of drug-likeness (QED) is 0.866. The van der Waals surface area contributed by atoms with Crippen molar-refractivity contribution < 1.29 is 13.2 Å². The monoisotopic (exact) mass is 259 g/mol. The van der Waals surface area contributed by atoms with Crippen molar-refractivity contribution in [1.82, 2.24) is 0 Å². The van der Waals surface area contributed by atoms with E-state index in [9.17, 15) is 13.2 Å². The highest BCUT2D eigenvalue weighted by molar-refractivity contribution is 6.30. The summed E-state index contributed by atoms with van der Waals surface area (Å²) in [5, 5.41) is 0.283. The van der Waals surface area contributed by atoms with Gasteiger partial charge in [-0.1, -0.05) is 23.7 Å². The van der Waals surface area contributed by atoms with Gasteiger partial charge in [-0.3, -0.25) is 0 Å². The molecule has 0 aliphatic carbocycles. The van der Waals surface area contributed by atoms with Crippen molar-refractivity contribution in [3.8, 4) is 0 Å². The summed E-state index contributed by atoms with van der Waals surface area (Å²) in [5.41, 5.74) is 5.18. The maximum absolute atomic E-state index is 12.4. The molecular weight excluding hydrogens is 250 g/mol. The molecule has 0 bridgehead atoms. The maximum atomic E-state index is 12.4. The van der Waals surface area contributed by atoms with Crippen LogP contribution in [0.1, 0.15) is 11.5 Å². The highest BCUT2D eigenvalue weighted by Crippen LogP contribution is 2.34. The molecule has 1 aromatic rings. The van der Waals surface area contributed by atoms with E-state index in [1.54, 1.807) is 0 Å². The molecule has 15 heavy (non-hydrogen) atoms. The van der Waals surface area contributed by atoms with Crippen molar-refractivity contribution in [3.05, 3.63) is 34.9 Å². The van der Waals surface area contributed by atoms with Gasteiger partial charge in [0.25, 0.3) is 0 Å². The minimum atomic E-state index is -4.32. The van der Waals surface area contributed by atoms with Crippen molar-refractivity contribution in [3.63, 3.8) is 0 Å². The van der Waals surface area contributed by atoms with Crippen molar-refractivity contribution in [2.24, 2.45) is 5.73 Å². The molecular formula is C9H10Cl2F3N. The molecule has 1 unspecified atom stereocenters. The second-order valence-electron chi connectivity index (χ2n) is 2.88. The lowest BCUT2D eigenvalue weighted by atomic mass is 9.99. The van der Waals surface area contributed by atoms with Crippen molar-refractivity contribution >= 4 is 24.0 Å². The Morgan fingerprint density at radius 2 is 1.93 bits per heavy atom. The van der Waals surface area contributed by atoms with Gasteiger partial charge in [0.05, 0.1) is 5.92 Å². The lowest BCUT2D eigenvalue weighted by molar-refractivity contribution is -0.148. The van der Waals surface area contributed by atoms with Gasteiger partial charge in [0.15, 0.2) is 0 Å². The van der Waals surface area contributed by atoms with Crippen LogP contribution in [-0.2, 0) is 0 Å². The highest BCUT2D eigenvalue weighted by Gasteiger charge is 2.39. The fourth-order valence-electron chi connectivity index (χ4n) is 1.18. The van der Waals surface area contributed by atoms with Crippen LogP contribution in [0.15, 0.2) is 24.3 Å². The van der Waals surface area contributed by atoms with Crippen molar-refractivity contribution in [1.29, 1.82) is 0 Å². The fraction of sp³-hybridized carbons (Fsp3) is 0.333. The van der Waals surface area contributed by atoms with E-state index in [1.165, 1.54) is 24.3 Å². The summed E-state index contributed by atoms with van der Waals surface area (Å²) in [7, 11) is 0. The minimum Gasteiger partial charge on any atom is -0.330 e. The normalized spacial score (nSPS) is 13.1. The van der Waals surface area contributed by atoms with Crippen LogP contribution in [-0.4, -0.2) is 12.7 Å². The molecule has 6 heteroatoms. The fourth-order valence-corrected chi connectivity index (χ4v) is 1.38. The zero-order valence-electron chi connectivity index (χ0n) is 7.59. The number of benzene rings is 1. The predicted molar refractivity (Wildman–Crippen MR) is 56.6 cm³/mol. The number of nitrogens with two attached hydrogens (primary N) is 1. The smallest absolute Gasteiger partial charge is 0.330 e. The Bertz CT molecular complexity index is 314. The van der Waals surface area contributed by atoms with Gasteiger partial charge in [-0.05, 0) is 17.7 Å². The van der Waals surface area contributed by atoms with Crippen LogP contribution in [0.3, 0.4) is 0 Å². The first-order valence-corrected chi connectivity index (χ1v) is 4.35. The number of rotatable bonds is 2. The van der Waals surface area contributed by atoms with Crippen molar-refractivity contribution in [2.45, 2.75) is 12.1 Å². The summed E-state index contributed by atoms with van der Waals surface area (Å²) in [4.78, 5) is 0. The first-order valence-electron chi connectivity index (χ1n) is 3.97. The molecule has 1 rings (SSSR count). The molecule has 86 valence electrons. The standard InChI is InChI=1S/C9H9ClF3N.ClH/c10-7-3-1-2-6(4-7)8(5-14)9(11,12)13;/h1-4,8H,5,14H2;1H. The Morgan fingerprint density at radius 1 is 1.33 bits per heavy atom. The Hall–Kier alpha value is -0.450. The molecule has 2 N–H and O–H groups in total. The molecule has 0 saturated carbocycles. The molecule has 1 atom stereocenters. The highest BCUT2D eigenvalue weighted by atomic mass is 35.5. The van der Waals surface area contributed by atoms with E-state index >= 15 is 0 Å². The van der Waals surface area contributed by atoms with Gasteiger partial charge in [0, 0.05) is 11.6 Å². The van der Waals surface area contributed by atoms with Gasteiger partial charge in [-0.25, -0.2) is 0 Å². The largest absolute Gasteiger partial charge is 0.396 e. The van der Waals surface area contributed by atoms with Crippen molar-refractivity contribution in [2.75, 3.05) is 6.54 Å². The van der Waals surface area contributed by atoms with Crippen LogP contribution in [0.2, 0.25) is 5.02 Å². The van der Waals surface area contributed by atoms with E-state index < -0.39 is 18.6 Å². The van der Waals surface area contributed by atoms with Gasteiger partial charge in [-0.2, -0.15) is 13.2 Å². The molecule has 1 nitrogen and oxygen atoms in total. The molecule has 0 aliphatic rings. The van der Waals surface area contributed by atoms with Crippen LogP contribution < -0.4 is 5.73 Å². The third-order valence-electron chi connectivity index (χ3n) is 1.88. The second-order valence-corrected chi connectivity index (χ2v) is 3.32. The Kier molecular flexibility index (Phi) is 5.42. The molecule has 0 amide bonds. The van der Waals surface area contributed by atoms with Crippen LogP contribution in [0.5, 0.6) is 0 Å². The Labute approximate surface area is 96.8 Å². The third kappa shape index (κ3) is 3.89. The minimum absolute atomic E-state index is 0. The van der Waals surface area contributed by atoms with E-state index in [1.807, 2.05) is 0 Å². The summed E-state index contributed by atoms with van der Waals surface area (Å²) in [6.07, 6.45) is -4.32. The topological polar surface area (TPSA) is 26.0 Å². The zero-order valence-corrected chi connectivity index (χ0v) is 9.16.